The lowest BCUT2D eigenvalue weighted by Gasteiger charge is -2.34. The Morgan fingerprint density at radius 2 is 1.31 bits per heavy atom. The second kappa shape index (κ2) is 2.72. The highest BCUT2D eigenvalue weighted by Gasteiger charge is 2.53. The van der Waals surface area contributed by atoms with Gasteiger partial charge >= 0.3 is 11.9 Å². The van der Waals surface area contributed by atoms with Crippen LogP contribution in [0.1, 0.15) is 19.3 Å². The van der Waals surface area contributed by atoms with Crippen molar-refractivity contribution < 1.29 is 19.8 Å². The molecule has 2 N–H and O–H groups in total. The minimum absolute atomic E-state index is 0.138. The van der Waals surface area contributed by atoms with Gasteiger partial charge < -0.3 is 10.2 Å². The number of rotatable bonds is 2. The lowest BCUT2D eigenvalue weighted by Crippen LogP contribution is -2.32. The van der Waals surface area contributed by atoms with Gasteiger partial charge in [0.05, 0.1) is 11.8 Å². The number of hydrogen-bond donors (Lipinski definition) is 2. The van der Waals surface area contributed by atoms with E-state index in [1.54, 1.807) is 0 Å². The maximum atomic E-state index is 10.8. The van der Waals surface area contributed by atoms with Gasteiger partial charge in [-0.3, -0.25) is 9.59 Å². The summed E-state index contributed by atoms with van der Waals surface area (Å²) in [7, 11) is 0. The van der Waals surface area contributed by atoms with E-state index in [4.69, 9.17) is 10.2 Å². The fraction of sp³-hybridized carbons (Fsp3) is 0.778. The van der Waals surface area contributed by atoms with Crippen LogP contribution < -0.4 is 0 Å². The molecule has 2 rings (SSSR count). The van der Waals surface area contributed by atoms with Crippen molar-refractivity contribution in [1.82, 2.24) is 0 Å². The molecule has 2 aliphatic carbocycles. The Labute approximate surface area is 75.6 Å². The third kappa shape index (κ3) is 1.12. The summed E-state index contributed by atoms with van der Waals surface area (Å²) < 4.78 is 0. The minimum Gasteiger partial charge on any atom is -0.481 e. The number of carbonyl (C=O) groups is 2. The highest BCUT2D eigenvalue weighted by molar-refractivity contribution is 5.76. The van der Waals surface area contributed by atoms with E-state index in [1.807, 2.05) is 0 Å². The van der Waals surface area contributed by atoms with Gasteiger partial charge in [-0.1, -0.05) is 0 Å². The van der Waals surface area contributed by atoms with Crippen molar-refractivity contribution in [2.45, 2.75) is 19.3 Å². The van der Waals surface area contributed by atoms with E-state index in [9.17, 15) is 9.59 Å². The lowest BCUT2D eigenvalue weighted by molar-refractivity contribution is -0.144. The molecule has 2 saturated carbocycles. The molecule has 4 nitrogen and oxygen atoms in total. The van der Waals surface area contributed by atoms with Gasteiger partial charge in [0.15, 0.2) is 0 Å². The Morgan fingerprint density at radius 1 is 0.923 bits per heavy atom. The Kier molecular flexibility index (Phi) is 1.78. The molecule has 0 spiro atoms. The Bertz CT molecular complexity index is 234. The molecule has 0 saturated heterocycles. The predicted octanol–water partition coefficient (Wildman–Crippen LogP) is 0.818. The Morgan fingerprint density at radius 3 is 1.46 bits per heavy atom. The van der Waals surface area contributed by atoms with Crippen LogP contribution in [-0.2, 0) is 9.59 Å². The summed E-state index contributed by atoms with van der Waals surface area (Å²) in [6, 6.07) is 0. The van der Waals surface area contributed by atoms with Gasteiger partial charge in [0.25, 0.3) is 0 Å². The standard InChI is InChI=1S/C9H12O4/c10-8(11)6-3-7(9(12)13)5-2-1-4(5)6/h4-7H,1-3H2,(H,10,11)(H,12,13). The van der Waals surface area contributed by atoms with Crippen molar-refractivity contribution in [3.8, 4) is 0 Å². The predicted molar refractivity (Wildman–Crippen MR) is 43.1 cm³/mol. The average molecular weight is 184 g/mol. The van der Waals surface area contributed by atoms with Crippen molar-refractivity contribution in [3.63, 3.8) is 0 Å². The Balaban J connectivity index is 2.13. The molecule has 13 heavy (non-hydrogen) atoms. The quantitative estimate of drug-likeness (QED) is 0.666. The molecule has 4 unspecified atom stereocenters. The zero-order chi connectivity index (χ0) is 9.59. The molecule has 0 aromatic heterocycles. The van der Waals surface area contributed by atoms with Gasteiger partial charge in [0, 0.05) is 0 Å². The maximum absolute atomic E-state index is 10.8. The zero-order valence-electron chi connectivity index (χ0n) is 7.14. The molecule has 4 heteroatoms. The summed E-state index contributed by atoms with van der Waals surface area (Å²) in [5, 5.41) is 17.7. The highest BCUT2D eigenvalue weighted by Crippen LogP contribution is 2.53. The highest BCUT2D eigenvalue weighted by atomic mass is 16.4. The minimum atomic E-state index is -0.821. The molecule has 0 heterocycles. The normalized spacial score (nSPS) is 42.2. The molecule has 72 valence electrons. The van der Waals surface area contributed by atoms with E-state index in [1.165, 1.54) is 0 Å². The molecule has 0 aromatic carbocycles. The summed E-state index contributed by atoms with van der Waals surface area (Å²) in [6.45, 7) is 0. The first-order chi connectivity index (χ1) is 6.11. The molecule has 2 aliphatic rings. The van der Waals surface area contributed by atoms with E-state index in [0.29, 0.717) is 6.42 Å². The second-order valence-corrected chi connectivity index (χ2v) is 4.03. The number of fused-ring (bicyclic) bond motifs is 1. The van der Waals surface area contributed by atoms with Crippen molar-refractivity contribution in [2.75, 3.05) is 0 Å². The fourth-order valence-corrected chi connectivity index (χ4v) is 2.74. The van der Waals surface area contributed by atoms with Crippen molar-refractivity contribution in [2.24, 2.45) is 23.7 Å². The number of hydrogen-bond acceptors (Lipinski definition) is 2. The summed E-state index contributed by atoms with van der Waals surface area (Å²) in [6.07, 6.45) is 2.12. The number of aliphatic carboxylic acids is 2. The second-order valence-electron chi connectivity index (χ2n) is 4.03. The van der Waals surface area contributed by atoms with Gasteiger partial charge in [-0.05, 0) is 31.1 Å². The van der Waals surface area contributed by atoms with Crippen LogP contribution in [-0.4, -0.2) is 22.2 Å². The topological polar surface area (TPSA) is 74.6 Å². The summed E-state index contributed by atoms with van der Waals surface area (Å²) in [4.78, 5) is 21.5. The van der Waals surface area contributed by atoms with Crippen LogP contribution in [0.5, 0.6) is 0 Å². The zero-order valence-corrected chi connectivity index (χ0v) is 7.14. The smallest absolute Gasteiger partial charge is 0.306 e. The van der Waals surface area contributed by atoms with Crippen LogP contribution in [0.2, 0.25) is 0 Å². The summed E-state index contributed by atoms with van der Waals surface area (Å²) >= 11 is 0. The van der Waals surface area contributed by atoms with Gasteiger partial charge in [0.1, 0.15) is 0 Å². The van der Waals surface area contributed by atoms with Crippen LogP contribution >= 0.6 is 0 Å². The summed E-state index contributed by atoms with van der Waals surface area (Å²) in [5.74, 6) is -2.17. The first-order valence-corrected chi connectivity index (χ1v) is 4.57. The third-order valence-electron chi connectivity index (χ3n) is 3.56. The monoisotopic (exact) mass is 184 g/mol. The average Bonchev–Trinajstić information content (AvgIpc) is 2.22. The van der Waals surface area contributed by atoms with Crippen molar-refractivity contribution in [1.29, 1.82) is 0 Å². The van der Waals surface area contributed by atoms with E-state index in [2.05, 4.69) is 0 Å². The summed E-state index contributed by atoms with van der Waals surface area (Å²) in [5.41, 5.74) is 0. The van der Waals surface area contributed by atoms with Crippen LogP contribution in [0, 0.1) is 23.7 Å². The van der Waals surface area contributed by atoms with Gasteiger partial charge in [-0.15, -0.1) is 0 Å². The number of carboxylic acids is 2. The van der Waals surface area contributed by atoms with Crippen LogP contribution in [0.25, 0.3) is 0 Å². The van der Waals surface area contributed by atoms with Crippen LogP contribution in [0.3, 0.4) is 0 Å². The molecule has 2 fully saturated rings. The molecule has 0 radical (unpaired) electrons. The first-order valence-electron chi connectivity index (χ1n) is 4.57. The van der Waals surface area contributed by atoms with Crippen LogP contribution in [0.15, 0.2) is 0 Å². The largest absolute Gasteiger partial charge is 0.481 e. The third-order valence-corrected chi connectivity index (χ3v) is 3.56. The molecule has 0 bridgehead atoms. The number of carboxylic acid groups (broad SMARTS) is 2. The van der Waals surface area contributed by atoms with E-state index in [-0.39, 0.29) is 11.8 Å². The Hall–Kier alpha value is -1.06. The fourth-order valence-electron chi connectivity index (χ4n) is 2.74. The molecule has 0 amide bonds. The lowest BCUT2D eigenvalue weighted by atomic mass is 9.70. The van der Waals surface area contributed by atoms with Crippen molar-refractivity contribution in [3.05, 3.63) is 0 Å². The maximum Gasteiger partial charge on any atom is 0.306 e. The van der Waals surface area contributed by atoms with Crippen molar-refractivity contribution >= 4 is 11.9 Å². The van der Waals surface area contributed by atoms with E-state index in [0.717, 1.165) is 12.8 Å². The van der Waals surface area contributed by atoms with Gasteiger partial charge in [0.2, 0.25) is 0 Å². The molecular formula is C9H12O4. The molecule has 4 atom stereocenters. The van der Waals surface area contributed by atoms with Gasteiger partial charge in [-0.2, -0.15) is 0 Å². The molecule has 0 aromatic rings. The van der Waals surface area contributed by atoms with Crippen LogP contribution in [0.4, 0.5) is 0 Å². The molecule has 0 aliphatic heterocycles. The van der Waals surface area contributed by atoms with Gasteiger partial charge in [-0.25, -0.2) is 0 Å². The SMILES string of the molecule is O=C(O)C1CC(C(=O)O)C2CCC12. The molecular weight excluding hydrogens is 172 g/mol. The first kappa shape index (κ1) is 8.53. The van der Waals surface area contributed by atoms with E-state index < -0.39 is 23.8 Å². The van der Waals surface area contributed by atoms with E-state index >= 15 is 0 Å².